The Labute approximate surface area is 203 Å². The first kappa shape index (κ1) is 27.5. The second kappa shape index (κ2) is 14.5. The van der Waals surface area contributed by atoms with Gasteiger partial charge in [0.2, 0.25) is 5.88 Å². The van der Waals surface area contributed by atoms with Crippen molar-refractivity contribution >= 4 is 41.4 Å². The molecular formula is C21H35N5O5S2. The Bertz CT molecular complexity index is 785. The maximum absolute atomic E-state index is 12.8. The van der Waals surface area contributed by atoms with Crippen LogP contribution in [0.1, 0.15) is 36.0 Å². The van der Waals surface area contributed by atoms with Crippen LogP contribution in [0.4, 0.5) is 0 Å². The van der Waals surface area contributed by atoms with Crippen molar-refractivity contribution in [2.45, 2.75) is 37.8 Å². The van der Waals surface area contributed by atoms with Crippen LogP contribution in [0.2, 0.25) is 0 Å². The average molecular weight is 502 g/mol. The largest absolute Gasteiger partial charge is 0.404 e. The van der Waals surface area contributed by atoms with Crippen molar-refractivity contribution in [2.75, 3.05) is 50.2 Å². The number of ether oxygens (including phenoxy) is 1. The summed E-state index contributed by atoms with van der Waals surface area (Å²) in [7, 11) is 0. The van der Waals surface area contributed by atoms with Crippen LogP contribution in [-0.2, 0) is 9.59 Å². The highest BCUT2D eigenvalue weighted by Crippen LogP contribution is 2.21. The molecule has 33 heavy (non-hydrogen) atoms. The van der Waals surface area contributed by atoms with E-state index in [2.05, 4.69) is 10.2 Å². The van der Waals surface area contributed by atoms with E-state index in [0.29, 0.717) is 30.9 Å². The lowest BCUT2D eigenvalue weighted by molar-refractivity contribution is -0.148. The van der Waals surface area contributed by atoms with Crippen LogP contribution in [0.25, 0.3) is 0 Å². The van der Waals surface area contributed by atoms with Crippen LogP contribution >= 0.6 is 23.5 Å². The number of aromatic nitrogens is 1. The maximum Gasteiger partial charge on any atom is 0.349 e. The van der Waals surface area contributed by atoms with Gasteiger partial charge < -0.3 is 31.3 Å². The maximum atomic E-state index is 12.8. The fourth-order valence-corrected chi connectivity index (χ4v) is 4.21. The number of carbonyl (C=O) groups excluding carboxylic acids is 3. The molecule has 1 saturated heterocycles. The number of hydrogen-bond acceptors (Lipinski definition) is 10. The summed E-state index contributed by atoms with van der Waals surface area (Å²) < 4.78 is 6.40. The highest BCUT2D eigenvalue weighted by atomic mass is 32.2. The molecular weight excluding hydrogens is 466 g/mol. The molecule has 5 N–H and O–H groups in total. The van der Waals surface area contributed by atoms with Gasteiger partial charge >= 0.3 is 11.9 Å². The van der Waals surface area contributed by atoms with E-state index in [-0.39, 0.29) is 11.4 Å². The monoisotopic (exact) mass is 501 g/mol. The van der Waals surface area contributed by atoms with Gasteiger partial charge in [-0.15, -0.1) is 4.73 Å². The van der Waals surface area contributed by atoms with Gasteiger partial charge in [0, 0.05) is 19.3 Å². The summed E-state index contributed by atoms with van der Waals surface area (Å²) in [6.07, 6.45) is 8.35. The minimum Gasteiger partial charge on any atom is -0.404 e. The van der Waals surface area contributed by atoms with Gasteiger partial charge in [-0.2, -0.15) is 23.5 Å². The fraction of sp³-hybridized carbons (Fsp3) is 0.667. The molecule has 1 aliphatic heterocycles. The van der Waals surface area contributed by atoms with Gasteiger partial charge in [0.05, 0.1) is 0 Å². The molecule has 0 spiro atoms. The van der Waals surface area contributed by atoms with Gasteiger partial charge in [-0.25, -0.2) is 9.59 Å². The van der Waals surface area contributed by atoms with Crippen molar-refractivity contribution in [3.8, 4) is 5.88 Å². The van der Waals surface area contributed by atoms with Crippen molar-refractivity contribution in [2.24, 2.45) is 11.5 Å². The minimum atomic E-state index is -0.869. The van der Waals surface area contributed by atoms with E-state index in [1.54, 1.807) is 23.5 Å². The quantitative estimate of drug-likeness (QED) is 0.305. The SMILES string of the molecule is CSCCC(N)C(=O)Oc1c(C(=O)NCCN2CCCC2)ccn1OC(=O)C(N)CCSC. The highest BCUT2D eigenvalue weighted by Gasteiger charge is 2.26. The third-order valence-corrected chi connectivity index (χ3v) is 6.51. The van der Waals surface area contributed by atoms with Crippen molar-refractivity contribution in [1.29, 1.82) is 0 Å². The van der Waals surface area contributed by atoms with Crippen LogP contribution in [-0.4, -0.2) is 89.8 Å². The molecule has 186 valence electrons. The van der Waals surface area contributed by atoms with E-state index in [1.165, 1.54) is 12.3 Å². The van der Waals surface area contributed by atoms with Gasteiger partial charge in [-0.1, -0.05) is 0 Å². The Kier molecular flexibility index (Phi) is 12.1. The lowest BCUT2D eigenvalue weighted by atomic mass is 10.2. The van der Waals surface area contributed by atoms with Gasteiger partial charge in [-0.05, 0) is 68.9 Å². The first-order chi connectivity index (χ1) is 15.9. The third kappa shape index (κ3) is 8.85. The van der Waals surface area contributed by atoms with Crippen molar-refractivity contribution in [3.63, 3.8) is 0 Å². The predicted octanol–water partition coefficient (Wildman–Crippen LogP) is 0.335. The number of thioether (sulfide) groups is 2. The molecule has 1 aromatic rings. The van der Waals surface area contributed by atoms with E-state index >= 15 is 0 Å². The zero-order valence-corrected chi connectivity index (χ0v) is 20.9. The zero-order valence-electron chi connectivity index (χ0n) is 19.3. The second-order valence-electron chi connectivity index (χ2n) is 7.77. The normalized spacial score (nSPS) is 15.8. The van der Waals surface area contributed by atoms with E-state index in [1.807, 2.05) is 12.5 Å². The molecule has 2 unspecified atom stereocenters. The Morgan fingerprint density at radius 1 is 1.06 bits per heavy atom. The summed E-state index contributed by atoms with van der Waals surface area (Å²) in [5.41, 5.74) is 11.9. The molecule has 1 fully saturated rings. The number of likely N-dealkylation sites (tertiary alicyclic amines) is 1. The van der Waals surface area contributed by atoms with Crippen molar-refractivity contribution in [3.05, 3.63) is 17.8 Å². The molecule has 1 amide bonds. The van der Waals surface area contributed by atoms with E-state index < -0.39 is 29.9 Å². The summed E-state index contributed by atoms with van der Waals surface area (Å²) in [5.74, 6) is -0.651. The summed E-state index contributed by atoms with van der Waals surface area (Å²) in [6, 6.07) is -0.279. The first-order valence-corrected chi connectivity index (χ1v) is 13.8. The molecule has 2 rings (SSSR count). The van der Waals surface area contributed by atoms with E-state index in [9.17, 15) is 14.4 Å². The zero-order chi connectivity index (χ0) is 24.2. The van der Waals surface area contributed by atoms with Crippen LogP contribution in [0.15, 0.2) is 12.3 Å². The summed E-state index contributed by atoms with van der Waals surface area (Å²) in [6.45, 7) is 3.23. The number of nitrogens with one attached hydrogen (secondary N) is 1. The number of hydrogen-bond donors (Lipinski definition) is 3. The fourth-order valence-electron chi connectivity index (χ4n) is 3.23. The Morgan fingerprint density at radius 3 is 2.27 bits per heavy atom. The molecule has 0 radical (unpaired) electrons. The van der Waals surface area contributed by atoms with Crippen molar-refractivity contribution < 1.29 is 24.0 Å². The van der Waals surface area contributed by atoms with Crippen molar-refractivity contribution in [1.82, 2.24) is 14.9 Å². The topological polar surface area (TPSA) is 142 Å². The number of esters is 1. The van der Waals surface area contributed by atoms with E-state index in [4.69, 9.17) is 21.0 Å². The minimum absolute atomic E-state index is 0.0762. The lowest BCUT2D eigenvalue weighted by Gasteiger charge is -2.16. The van der Waals surface area contributed by atoms with Crippen LogP contribution in [0, 0.1) is 0 Å². The van der Waals surface area contributed by atoms with Crippen LogP contribution in [0.5, 0.6) is 5.88 Å². The standard InChI is InChI=1S/C21H35N5O5S2/c1-32-13-6-16(22)20(28)30-19-15(18(27)24-8-12-25-9-3-4-10-25)5-11-26(19)31-21(29)17(23)7-14-33-2/h5,11,16-17H,3-4,6-10,12-14,22-23H2,1-2H3,(H,24,27). The molecule has 0 saturated carbocycles. The molecule has 2 heterocycles. The molecule has 2 atom stereocenters. The van der Waals surface area contributed by atoms with Crippen LogP contribution < -0.4 is 26.4 Å². The smallest absolute Gasteiger partial charge is 0.349 e. The average Bonchev–Trinajstić information content (AvgIpc) is 3.46. The van der Waals surface area contributed by atoms with Crippen LogP contribution in [0.3, 0.4) is 0 Å². The summed E-state index contributed by atoms with van der Waals surface area (Å²) in [4.78, 5) is 45.3. The number of rotatable bonds is 14. The van der Waals surface area contributed by atoms with Gasteiger partial charge in [0.25, 0.3) is 5.91 Å². The molecule has 1 aliphatic rings. The number of carbonyl (C=O) groups is 3. The van der Waals surface area contributed by atoms with Gasteiger partial charge in [0.1, 0.15) is 17.6 Å². The number of nitrogens with zero attached hydrogens (tertiary/aromatic N) is 2. The Balaban J connectivity index is 2.11. The first-order valence-electron chi connectivity index (χ1n) is 11.0. The number of nitrogens with two attached hydrogens (primary N) is 2. The molecule has 0 aliphatic carbocycles. The highest BCUT2D eigenvalue weighted by molar-refractivity contribution is 7.98. The molecule has 1 aromatic heterocycles. The lowest BCUT2D eigenvalue weighted by Crippen LogP contribution is -2.39. The third-order valence-electron chi connectivity index (χ3n) is 5.22. The Morgan fingerprint density at radius 2 is 1.67 bits per heavy atom. The summed E-state index contributed by atoms with van der Waals surface area (Å²) >= 11 is 3.12. The second-order valence-corrected chi connectivity index (χ2v) is 9.74. The molecule has 0 aromatic carbocycles. The predicted molar refractivity (Wildman–Crippen MR) is 132 cm³/mol. The summed E-state index contributed by atoms with van der Waals surface area (Å²) in [5, 5.41) is 2.83. The van der Waals surface area contributed by atoms with Gasteiger partial charge in [-0.3, -0.25) is 4.79 Å². The molecule has 10 nitrogen and oxygen atoms in total. The van der Waals surface area contributed by atoms with Gasteiger partial charge in [0.15, 0.2) is 0 Å². The number of amides is 1. The van der Waals surface area contributed by atoms with E-state index in [0.717, 1.165) is 37.2 Å². The molecule has 0 bridgehead atoms. The molecule has 12 heteroatoms. The Hall–Kier alpha value is -1.73.